The van der Waals surface area contributed by atoms with Crippen LogP contribution in [0.4, 0.5) is 32.0 Å². The number of hydrogen-bond donors (Lipinski definition) is 1. The first-order chi connectivity index (χ1) is 9.55. The topological polar surface area (TPSA) is 38.3 Å². The van der Waals surface area contributed by atoms with Crippen LogP contribution in [0.25, 0.3) is 0 Å². The molecule has 0 heterocycles. The second-order valence-corrected chi connectivity index (χ2v) is 4.34. The second-order valence-electron chi connectivity index (χ2n) is 3.53. The lowest BCUT2D eigenvalue weighted by Crippen LogP contribution is -2.40. The number of carbonyl (C=O) groups is 1. The normalized spacial score (nSPS) is 11.9. The molecule has 1 rings (SSSR count). The van der Waals surface area contributed by atoms with Gasteiger partial charge >= 0.3 is 24.9 Å². The fraction of sp³-hybridized carbons (Fsp3) is 0.300. The van der Waals surface area contributed by atoms with Crippen molar-refractivity contribution in [2.45, 2.75) is 19.0 Å². The Hall–Kier alpha value is -1.35. The fourth-order valence-electron chi connectivity index (χ4n) is 1.15. The van der Waals surface area contributed by atoms with Crippen LogP contribution in [0.5, 0.6) is 5.75 Å². The summed E-state index contributed by atoms with van der Waals surface area (Å²) in [5, 5.41) is 0.386. The summed E-state index contributed by atoms with van der Waals surface area (Å²) >= 11 is 11.0. The Bertz CT molecular complexity index is 517. The van der Waals surface area contributed by atoms with Gasteiger partial charge in [0.15, 0.2) is 5.75 Å². The van der Waals surface area contributed by atoms with Gasteiger partial charge in [-0.15, -0.1) is 0 Å². The minimum atomic E-state index is -4.93. The molecule has 1 aromatic rings. The highest BCUT2D eigenvalue weighted by Gasteiger charge is 2.49. The predicted octanol–water partition coefficient (Wildman–Crippen LogP) is 4.43. The summed E-state index contributed by atoms with van der Waals surface area (Å²) in [7, 11) is 0. The number of nitrogens with one attached hydrogen (secondary N) is 1. The summed E-state index contributed by atoms with van der Waals surface area (Å²) < 4.78 is 77.4. The lowest BCUT2D eigenvalue weighted by Gasteiger charge is -2.16. The van der Waals surface area contributed by atoms with Gasteiger partial charge in [-0.05, 0) is 12.1 Å². The molecule has 0 aliphatic carbocycles. The van der Waals surface area contributed by atoms with Crippen molar-refractivity contribution in [3.63, 3.8) is 0 Å². The molecule has 0 bridgehead atoms. The molecule has 0 saturated carbocycles. The van der Waals surface area contributed by atoms with Crippen molar-refractivity contribution < 1.29 is 35.9 Å². The van der Waals surface area contributed by atoms with Crippen LogP contribution >= 0.6 is 23.2 Å². The third kappa shape index (κ3) is 4.31. The van der Waals surface area contributed by atoms with Crippen LogP contribution < -0.4 is 10.1 Å². The molecule has 0 aliphatic heterocycles. The van der Waals surface area contributed by atoms with Crippen LogP contribution in [0.1, 0.15) is 0 Å². The predicted molar refractivity (Wildman–Crippen MR) is 62.7 cm³/mol. The molecule has 1 N–H and O–H groups in total. The van der Waals surface area contributed by atoms with Crippen LogP contribution in [0.2, 0.25) is 10.0 Å². The van der Waals surface area contributed by atoms with Crippen LogP contribution in [-0.4, -0.2) is 24.9 Å². The van der Waals surface area contributed by atoms with E-state index in [0.29, 0.717) is 0 Å². The third-order valence-corrected chi connectivity index (χ3v) is 2.60. The molecule has 0 fully saturated rings. The number of halogens is 8. The molecule has 0 radical (unpaired) electrons. The van der Waals surface area contributed by atoms with Gasteiger partial charge in [-0.3, -0.25) is 4.79 Å². The first-order valence-corrected chi connectivity index (χ1v) is 5.72. The van der Waals surface area contributed by atoms with E-state index in [1.807, 2.05) is 0 Å². The number of rotatable bonds is 5. The number of anilines is 1. The van der Waals surface area contributed by atoms with Crippen LogP contribution in [0.15, 0.2) is 12.1 Å². The Morgan fingerprint density at radius 1 is 1.14 bits per heavy atom. The molecule has 21 heavy (non-hydrogen) atoms. The average Bonchev–Trinajstić information content (AvgIpc) is 2.33. The zero-order valence-electron chi connectivity index (χ0n) is 9.65. The number of benzene rings is 1. The number of hydrogen-bond acceptors (Lipinski definition) is 2. The Labute approximate surface area is 123 Å². The highest BCUT2D eigenvalue weighted by atomic mass is 35.5. The third-order valence-electron chi connectivity index (χ3n) is 2.04. The summed E-state index contributed by atoms with van der Waals surface area (Å²) in [5.41, 5.74) is -0.489. The summed E-state index contributed by atoms with van der Waals surface area (Å²) in [6, 6.07) is 1.48. The molecule has 3 nitrogen and oxygen atoms in total. The first-order valence-electron chi connectivity index (χ1n) is 4.97. The molecule has 0 atom stereocenters. The highest BCUT2D eigenvalue weighted by Crippen LogP contribution is 2.37. The Morgan fingerprint density at radius 3 is 2.00 bits per heavy atom. The van der Waals surface area contributed by atoms with E-state index < -0.39 is 46.3 Å². The van der Waals surface area contributed by atoms with Crippen LogP contribution in [-0.2, 0) is 4.79 Å². The Kier molecular flexibility index (Phi) is 5.57. The van der Waals surface area contributed by atoms with E-state index in [2.05, 4.69) is 4.74 Å². The molecule has 0 unspecified atom stereocenters. The maximum absolute atomic E-state index is 12.7. The fourth-order valence-corrected chi connectivity index (χ4v) is 1.72. The van der Waals surface area contributed by atoms with E-state index in [1.54, 1.807) is 0 Å². The molecule has 1 aromatic carbocycles. The summed E-state index contributed by atoms with van der Waals surface area (Å²) in [4.78, 5) is 11.0. The average molecular weight is 356 g/mol. The van der Waals surface area contributed by atoms with Crippen molar-refractivity contribution in [1.82, 2.24) is 0 Å². The standard InChI is InChI=1S/C10H5Cl2F6NO2/c11-4-1-3(2-5(12)6(4)21-9(15)16)19-8(20)10(17,18)7(13)14/h1-2,7,9H,(H,19,20). The molecule has 0 saturated heterocycles. The number of alkyl halides is 6. The summed E-state index contributed by atoms with van der Waals surface area (Å²) in [5.74, 6) is -7.88. The molecule has 1 amide bonds. The van der Waals surface area contributed by atoms with Crippen LogP contribution in [0.3, 0.4) is 0 Å². The zero-order valence-corrected chi connectivity index (χ0v) is 11.2. The quantitative estimate of drug-likeness (QED) is 0.793. The van der Waals surface area contributed by atoms with Crippen molar-refractivity contribution in [3.8, 4) is 5.75 Å². The van der Waals surface area contributed by atoms with Gasteiger partial charge in [0, 0.05) is 5.69 Å². The molecule has 11 heteroatoms. The Balaban J connectivity index is 2.99. The molecular formula is C10H5Cl2F6NO2. The van der Waals surface area contributed by atoms with Gasteiger partial charge in [0.1, 0.15) is 0 Å². The smallest absolute Gasteiger partial charge is 0.387 e. The van der Waals surface area contributed by atoms with Gasteiger partial charge in [0.2, 0.25) is 0 Å². The largest absolute Gasteiger partial charge is 0.432 e. The molecular weight excluding hydrogens is 351 g/mol. The lowest BCUT2D eigenvalue weighted by atomic mass is 10.2. The van der Waals surface area contributed by atoms with Crippen molar-refractivity contribution in [1.29, 1.82) is 0 Å². The van der Waals surface area contributed by atoms with Gasteiger partial charge in [0.25, 0.3) is 0 Å². The minimum Gasteiger partial charge on any atom is -0.432 e. The van der Waals surface area contributed by atoms with E-state index in [9.17, 15) is 31.1 Å². The van der Waals surface area contributed by atoms with Crippen molar-refractivity contribution >= 4 is 34.8 Å². The van der Waals surface area contributed by atoms with E-state index in [4.69, 9.17) is 23.2 Å². The van der Waals surface area contributed by atoms with Gasteiger partial charge in [0.05, 0.1) is 10.0 Å². The number of carbonyl (C=O) groups excluding carboxylic acids is 1. The zero-order chi connectivity index (χ0) is 16.4. The van der Waals surface area contributed by atoms with Crippen molar-refractivity contribution in [2.24, 2.45) is 0 Å². The number of ether oxygens (including phenoxy) is 1. The Morgan fingerprint density at radius 2 is 1.62 bits per heavy atom. The van der Waals surface area contributed by atoms with Crippen molar-refractivity contribution in [3.05, 3.63) is 22.2 Å². The SMILES string of the molecule is O=C(Nc1cc(Cl)c(OC(F)F)c(Cl)c1)C(F)(F)C(F)F. The molecule has 0 aliphatic rings. The number of amides is 1. The molecule has 0 spiro atoms. The monoisotopic (exact) mass is 355 g/mol. The summed E-state index contributed by atoms with van der Waals surface area (Å²) in [6.07, 6.45) is -4.22. The van der Waals surface area contributed by atoms with Gasteiger partial charge in [-0.2, -0.15) is 17.6 Å². The van der Waals surface area contributed by atoms with Gasteiger partial charge < -0.3 is 10.1 Å². The minimum absolute atomic E-state index is 0.489. The van der Waals surface area contributed by atoms with Gasteiger partial charge in [-0.1, -0.05) is 23.2 Å². The van der Waals surface area contributed by atoms with Crippen LogP contribution in [0, 0.1) is 0 Å². The molecule has 0 aromatic heterocycles. The maximum atomic E-state index is 12.7. The second kappa shape index (κ2) is 6.61. The lowest BCUT2D eigenvalue weighted by molar-refractivity contribution is -0.163. The van der Waals surface area contributed by atoms with Crippen molar-refractivity contribution in [2.75, 3.05) is 5.32 Å². The van der Waals surface area contributed by atoms with E-state index in [0.717, 1.165) is 12.1 Å². The van der Waals surface area contributed by atoms with E-state index in [1.165, 1.54) is 5.32 Å². The maximum Gasteiger partial charge on any atom is 0.387 e. The van der Waals surface area contributed by atoms with E-state index >= 15 is 0 Å². The summed E-state index contributed by atoms with van der Waals surface area (Å²) in [6.45, 7) is -3.25. The molecule has 118 valence electrons. The first kappa shape index (κ1) is 17.7. The van der Waals surface area contributed by atoms with Gasteiger partial charge in [-0.25, -0.2) is 8.78 Å². The van der Waals surface area contributed by atoms with E-state index in [-0.39, 0.29) is 0 Å². The highest BCUT2D eigenvalue weighted by molar-refractivity contribution is 6.37.